The summed E-state index contributed by atoms with van der Waals surface area (Å²) < 4.78 is 2.02. The van der Waals surface area contributed by atoms with Crippen molar-refractivity contribution >= 4 is 0 Å². The molecule has 0 aliphatic heterocycles. The summed E-state index contributed by atoms with van der Waals surface area (Å²) in [5, 5.41) is 16.8. The lowest BCUT2D eigenvalue weighted by atomic mass is 10.2. The summed E-state index contributed by atoms with van der Waals surface area (Å²) in [5.74, 6) is 1.95. The van der Waals surface area contributed by atoms with Crippen LogP contribution in [0.15, 0.2) is 0 Å². The van der Waals surface area contributed by atoms with Crippen LogP contribution < -0.4 is 0 Å². The molecule has 92 valence electrons. The first-order valence-corrected chi connectivity index (χ1v) is 5.79. The van der Waals surface area contributed by atoms with Crippen molar-refractivity contribution in [1.82, 2.24) is 19.7 Å². The van der Waals surface area contributed by atoms with Crippen molar-refractivity contribution in [1.29, 1.82) is 0 Å². The smallest absolute Gasteiger partial charge is 0.146 e. The Morgan fingerprint density at radius 2 is 2.00 bits per heavy atom. The minimum atomic E-state index is 0.298. The maximum atomic E-state index is 8.67. The molecule has 1 N–H and O–H groups in total. The third-order valence-corrected chi connectivity index (χ3v) is 2.79. The summed E-state index contributed by atoms with van der Waals surface area (Å²) in [7, 11) is 4.08. The molecule has 16 heavy (non-hydrogen) atoms. The van der Waals surface area contributed by atoms with Gasteiger partial charge in [0.25, 0.3) is 0 Å². The van der Waals surface area contributed by atoms with Crippen molar-refractivity contribution in [3.8, 4) is 0 Å². The SMILES string of the molecule is Cc1nnc(CN(C)CCCCCO)n1C. The summed E-state index contributed by atoms with van der Waals surface area (Å²) in [4.78, 5) is 2.24. The molecule has 0 saturated carbocycles. The van der Waals surface area contributed by atoms with Crippen LogP contribution in [0, 0.1) is 6.92 Å². The summed E-state index contributed by atoms with van der Waals surface area (Å²) >= 11 is 0. The van der Waals surface area contributed by atoms with Crippen molar-refractivity contribution in [2.75, 3.05) is 20.2 Å². The first-order chi connectivity index (χ1) is 7.65. The number of aliphatic hydroxyl groups excluding tert-OH is 1. The zero-order valence-electron chi connectivity index (χ0n) is 10.5. The Morgan fingerprint density at radius 1 is 1.25 bits per heavy atom. The third kappa shape index (κ3) is 3.90. The fourth-order valence-electron chi connectivity index (χ4n) is 1.58. The number of unbranched alkanes of at least 4 members (excludes halogenated alkanes) is 2. The van der Waals surface area contributed by atoms with Crippen molar-refractivity contribution in [3.05, 3.63) is 11.6 Å². The van der Waals surface area contributed by atoms with Crippen molar-refractivity contribution in [3.63, 3.8) is 0 Å². The number of nitrogens with zero attached hydrogens (tertiary/aromatic N) is 4. The molecular weight excluding hydrogens is 204 g/mol. The molecule has 0 atom stereocenters. The first-order valence-electron chi connectivity index (χ1n) is 5.79. The molecule has 1 aromatic rings. The molecule has 1 rings (SSSR count). The Kier molecular flexibility index (Phi) is 5.42. The number of aryl methyl sites for hydroxylation is 1. The van der Waals surface area contributed by atoms with Crippen molar-refractivity contribution in [2.45, 2.75) is 32.7 Å². The van der Waals surface area contributed by atoms with Gasteiger partial charge in [0.1, 0.15) is 11.6 Å². The lowest BCUT2D eigenvalue weighted by molar-refractivity contribution is 0.268. The van der Waals surface area contributed by atoms with E-state index in [1.165, 1.54) is 0 Å². The fourth-order valence-corrected chi connectivity index (χ4v) is 1.58. The lowest BCUT2D eigenvalue weighted by Crippen LogP contribution is -2.21. The molecule has 1 heterocycles. The van der Waals surface area contributed by atoms with Crippen LogP contribution in [0.5, 0.6) is 0 Å². The van der Waals surface area contributed by atoms with Crippen molar-refractivity contribution in [2.24, 2.45) is 7.05 Å². The zero-order chi connectivity index (χ0) is 12.0. The van der Waals surface area contributed by atoms with Crippen molar-refractivity contribution < 1.29 is 5.11 Å². The van der Waals surface area contributed by atoms with E-state index < -0.39 is 0 Å². The molecule has 1 aromatic heterocycles. The van der Waals surface area contributed by atoms with Crippen LogP contribution in [-0.4, -0.2) is 45.0 Å². The molecule has 0 aromatic carbocycles. The van der Waals surface area contributed by atoms with E-state index in [2.05, 4.69) is 22.1 Å². The minimum absolute atomic E-state index is 0.298. The van der Waals surface area contributed by atoms with E-state index >= 15 is 0 Å². The Bertz CT molecular complexity index is 311. The van der Waals surface area contributed by atoms with E-state index in [-0.39, 0.29) is 0 Å². The summed E-state index contributed by atoms with van der Waals surface area (Å²) in [6, 6.07) is 0. The first kappa shape index (κ1) is 13.1. The predicted octanol–water partition coefficient (Wildman–Crippen LogP) is 0.718. The molecule has 0 unspecified atom stereocenters. The molecule has 0 fully saturated rings. The quantitative estimate of drug-likeness (QED) is 0.696. The Hall–Kier alpha value is -0.940. The van der Waals surface area contributed by atoms with Gasteiger partial charge in [0.2, 0.25) is 0 Å². The standard InChI is InChI=1S/C11H22N4O/c1-10-12-13-11(15(10)3)9-14(2)7-5-4-6-8-16/h16H,4-9H2,1-3H3. The minimum Gasteiger partial charge on any atom is -0.396 e. The average Bonchev–Trinajstić information content (AvgIpc) is 2.56. The third-order valence-electron chi connectivity index (χ3n) is 2.79. The molecule has 0 radical (unpaired) electrons. The van der Waals surface area contributed by atoms with Crippen LogP contribution >= 0.6 is 0 Å². The normalized spacial score (nSPS) is 11.3. The Morgan fingerprint density at radius 3 is 2.56 bits per heavy atom. The molecular formula is C11H22N4O. The monoisotopic (exact) mass is 226 g/mol. The van der Waals surface area contributed by atoms with E-state index in [4.69, 9.17) is 5.11 Å². The number of aromatic nitrogens is 3. The zero-order valence-corrected chi connectivity index (χ0v) is 10.5. The molecule has 0 aliphatic carbocycles. The summed E-state index contributed by atoms with van der Waals surface area (Å²) in [6.07, 6.45) is 3.10. The molecule has 0 saturated heterocycles. The van der Waals surface area contributed by atoms with Gasteiger partial charge < -0.3 is 9.67 Å². The highest BCUT2D eigenvalue weighted by atomic mass is 16.2. The molecule has 0 spiro atoms. The second kappa shape index (κ2) is 6.60. The van der Waals surface area contributed by atoms with Crippen LogP contribution in [0.1, 0.15) is 30.9 Å². The van der Waals surface area contributed by atoms with Gasteiger partial charge >= 0.3 is 0 Å². The van der Waals surface area contributed by atoms with Crippen LogP contribution in [0.3, 0.4) is 0 Å². The van der Waals surface area contributed by atoms with E-state index in [0.717, 1.165) is 44.0 Å². The molecule has 5 heteroatoms. The Labute approximate surface area is 97.1 Å². The van der Waals surface area contributed by atoms with Gasteiger partial charge in [0, 0.05) is 13.7 Å². The highest BCUT2D eigenvalue weighted by Crippen LogP contribution is 2.03. The van der Waals surface area contributed by atoms with Crippen LogP contribution in [0.25, 0.3) is 0 Å². The van der Waals surface area contributed by atoms with Crippen LogP contribution in [0.2, 0.25) is 0 Å². The van der Waals surface area contributed by atoms with Gasteiger partial charge in [-0.3, -0.25) is 4.90 Å². The molecule has 0 aliphatic rings. The second-order valence-corrected chi connectivity index (χ2v) is 4.24. The predicted molar refractivity (Wildman–Crippen MR) is 63.0 cm³/mol. The van der Waals surface area contributed by atoms with Crippen LogP contribution in [-0.2, 0) is 13.6 Å². The lowest BCUT2D eigenvalue weighted by Gasteiger charge is -2.15. The maximum absolute atomic E-state index is 8.67. The van der Waals surface area contributed by atoms with E-state index in [1.807, 2.05) is 18.5 Å². The van der Waals surface area contributed by atoms with E-state index in [1.54, 1.807) is 0 Å². The second-order valence-electron chi connectivity index (χ2n) is 4.24. The van der Waals surface area contributed by atoms with Gasteiger partial charge in [-0.1, -0.05) is 0 Å². The molecule has 0 bridgehead atoms. The number of hydrogen-bond acceptors (Lipinski definition) is 4. The van der Waals surface area contributed by atoms with Gasteiger partial charge in [-0.15, -0.1) is 10.2 Å². The highest BCUT2D eigenvalue weighted by Gasteiger charge is 2.07. The molecule has 5 nitrogen and oxygen atoms in total. The number of aliphatic hydroxyl groups is 1. The van der Waals surface area contributed by atoms with Crippen LogP contribution in [0.4, 0.5) is 0 Å². The fraction of sp³-hybridized carbons (Fsp3) is 0.818. The average molecular weight is 226 g/mol. The summed E-state index contributed by atoms with van der Waals surface area (Å²) in [6.45, 7) is 4.12. The van der Waals surface area contributed by atoms with E-state index in [0.29, 0.717) is 6.61 Å². The number of hydrogen-bond donors (Lipinski definition) is 1. The maximum Gasteiger partial charge on any atom is 0.146 e. The van der Waals surface area contributed by atoms with Gasteiger partial charge in [-0.05, 0) is 39.8 Å². The topological polar surface area (TPSA) is 54.2 Å². The van der Waals surface area contributed by atoms with Gasteiger partial charge in [0.05, 0.1) is 6.54 Å². The van der Waals surface area contributed by atoms with Gasteiger partial charge in [-0.2, -0.15) is 0 Å². The Balaban J connectivity index is 2.28. The molecule has 0 amide bonds. The van der Waals surface area contributed by atoms with Gasteiger partial charge in [0.15, 0.2) is 0 Å². The number of rotatable bonds is 7. The largest absolute Gasteiger partial charge is 0.396 e. The van der Waals surface area contributed by atoms with Gasteiger partial charge in [-0.25, -0.2) is 0 Å². The highest BCUT2D eigenvalue weighted by molar-refractivity contribution is 4.91. The van der Waals surface area contributed by atoms with E-state index in [9.17, 15) is 0 Å². The summed E-state index contributed by atoms with van der Waals surface area (Å²) in [5.41, 5.74) is 0.